The molecule has 1 unspecified atom stereocenters. The first-order valence-electron chi connectivity index (χ1n) is 9.97. The standard InChI is InChI=1S/C23H24F3N3O3/c1-13-8-6-11-17-18(13)28-19(14(2)27-21(31)32-22(3,4)5)29(20(17)30)16-10-7-9-15(12-16)23(24,25)26/h6-12,14H,1-5H3,(H,27,31). The highest BCUT2D eigenvalue weighted by molar-refractivity contribution is 5.81. The Morgan fingerprint density at radius 1 is 1.12 bits per heavy atom. The Bertz CT molecular complexity index is 1230. The van der Waals surface area contributed by atoms with E-state index in [9.17, 15) is 22.8 Å². The highest BCUT2D eigenvalue weighted by Crippen LogP contribution is 2.31. The first-order valence-corrected chi connectivity index (χ1v) is 9.97. The van der Waals surface area contributed by atoms with Crippen molar-refractivity contribution in [2.45, 2.75) is 52.4 Å². The second kappa shape index (κ2) is 8.29. The van der Waals surface area contributed by atoms with Crippen molar-refractivity contribution in [3.8, 4) is 5.69 Å². The number of amides is 1. The number of hydrogen-bond acceptors (Lipinski definition) is 4. The van der Waals surface area contributed by atoms with Crippen molar-refractivity contribution in [2.75, 3.05) is 0 Å². The molecule has 32 heavy (non-hydrogen) atoms. The second-order valence-corrected chi connectivity index (χ2v) is 8.50. The Morgan fingerprint density at radius 3 is 2.41 bits per heavy atom. The molecule has 1 atom stereocenters. The number of aromatic nitrogens is 2. The van der Waals surface area contributed by atoms with Crippen molar-refractivity contribution in [2.24, 2.45) is 0 Å². The molecule has 0 saturated heterocycles. The van der Waals surface area contributed by atoms with E-state index in [0.717, 1.165) is 22.3 Å². The summed E-state index contributed by atoms with van der Waals surface area (Å²) in [5.41, 5.74) is -1.06. The van der Waals surface area contributed by atoms with Crippen LogP contribution in [0.2, 0.25) is 0 Å². The molecule has 0 aliphatic rings. The summed E-state index contributed by atoms with van der Waals surface area (Å²) in [4.78, 5) is 30.2. The van der Waals surface area contributed by atoms with Crippen LogP contribution in [0.15, 0.2) is 47.3 Å². The maximum absolute atomic E-state index is 13.4. The number of para-hydroxylation sites is 1. The third-order valence-electron chi connectivity index (χ3n) is 4.68. The summed E-state index contributed by atoms with van der Waals surface area (Å²) in [5, 5.41) is 2.87. The van der Waals surface area contributed by atoms with Crippen molar-refractivity contribution in [3.63, 3.8) is 0 Å². The molecule has 1 amide bonds. The minimum absolute atomic E-state index is 0.00595. The number of hydrogen-bond donors (Lipinski definition) is 1. The molecule has 0 radical (unpaired) electrons. The van der Waals surface area contributed by atoms with E-state index in [4.69, 9.17) is 4.74 Å². The first kappa shape index (κ1) is 23.3. The highest BCUT2D eigenvalue weighted by Gasteiger charge is 2.31. The summed E-state index contributed by atoms with van der Waals surface area (Å²) in [6.07, 6.45) is -5.32. The largest absolute Gasteiger partial charge is 0.444 e. The van der Waals surface area contributed by atoms with Crippen LogP contribution in [0.5, 0.6) is 0 Å². The third kappa shape index (κ3) is 4.92. The number of aryl methyl sites for hydroxylation is 1. The zero-order valence-corrected chi connectivity index (χ0v) is 18.4. The van der Waals surface area contributed by atoms with E-state index < -0.39 is 35.0 Å². The average molecular weight is 447 g/mol. The molecular weight excluding hydrogens is 423 g/mol. The van der Waals surface area contributed by atoms with Crippen molar-refractivity contribution in [3.05, 3.63) is 69.8 Å². The van der Waals surface area contributed by atoms with Gasteiger partial charge in [-0.2, -0.15) is 13.2 Å². The lowest BCUT2D eigenvalue weighted by molar-refractivity contribution is -0.137. The van der Waals surface area contributed by atoms with Gasteiger partial charge >= 0.3 is 12.3 Å². The van der Waals surface area contributed by atoms with Crippen LogP contribution in [-0.2, 0) is 10.9 Å². The molecular formula is C23H24F3N3O3. The van der Waals surface area contributed by atoms with Gasteiger partial charge in [-0.25, -0.2) is 9.78 Å². The maximum Gasteiger partial charge on any atom is 0.416 e. The molecule has 1 aromatic heterocycles. The van der Waals surface area contributed by atoms with Gasteiger partial charge in [-0.05, 0) is 64.4 Å². The smallest absolute Gasteiger partial charge is 0.416 e. The molecule has 9 heteroatoms. The summed E-state index contributed by atoms with van der Waals surface area (Å²) in [6, 6.07) is 8.61. The molecule has 3 aromatic rings. The van der Waals surface area contributed by atoms with Gasteiger partial charge in [-0.1, -0.05) is 18.2 Å². The lowest BCUT2D eigenvalue weighted by Gasteiger charge is -2.23. The van der Waals surface area contributed by atoms with Crippen molar-refractivity contribution < 1.29 is 22.7 Å². The van der Waals surface area contributed by atoms with Crippen LogP contribution in [0, 0.1) is 6.92 Å². The van der Waals surface area contributed by atoms with E-state index in [0.29, 0.717) is 5.52 Å². The Hall–Kier alpha value is -3.36. The number of rotatable bonds is 3. The fourth-order valence-electron chi connectivity index (χ4n) is 3.28. The second-order valence-electron chi connectivity index (χ2n) is 8.50. The number of carbonyl (C=O) groups excluding carboxylic acids is 1. The van der Waals surface area contributed by atoms with Crippen molar-refractivity contribution in [1.82, 2.24) is 14.9 Å². The SMILES string of the molecule is Cc1cccc2c(=O)n(-c3cccc(C(F)(F)F)c3)c(C(C)NC(=O)OC(C)(C)C)nc12. The number of alkyl halides is 3. The van der Waals surface area contributed by atoms with E-state index >= 15 is 0 Å². The molecule has 3 rings (SSSR count). The van der Waals surface area contributed by atoms with Crippen LogP contribution in [0.4, 0.5) is 18.0 Å². The van der Waals surface area contributed by atoms with Gasteiger partial charge in [0.25, 0.3) is 5.56 Å². The van der Waals surface area contributed by atoms with E-state index in [-0.39, 0.29) is 16.9 Å². The molecule has 0 spiro atoms. The first-order chi connectivity index (χ1) is 14.8. The minimum Gasteiger partial charge on any atom is -0.444 e. The molecule has 2 aromatic carbocycles. The molecule has 0 fully saturated rings. The van der Waals surface area contributed by atoms with Gasteiger partial charge in [0.15, 0.2) is 0 Å². The summed E-state index contributed by atoms with van der Waals surface area (Å²) in [7, 11) is 0. The van der Waals surface area contributed by atoms with Crippen LogP contribution in [0.25, 0.3) is 16.6 Å². The zero-order valence-electron chi connectivity index (χ0n) is 18.4. The van der Waals surface area contributed by atoms with Gasteiger partial charge in [0.1, 0.15) is 11.4 Å². The number of carbonyl (C=O) groups is 1. The Labute approximate surface area is 183 Å². The van der Waals surface area contributed by atoms with E-state index in [2.05, 4.69) is 10.3 Å². The Kier molecular flexibility index (Phi) is 6.04. The van der Waals surface area contributed by atoms with E-state index in [1.807, 2.05) is 0 Å². The summed E-state index contributed by atoms with van der Waals surface area (Å²) < 4.78 is 46.3. The van der Waals surface area contributed by atoms with Crippen LogP contribution in [-0.4, -0.2) is 21.2 Å². The fraction of sp³-hybridized carbons (Fsp3) is 0.348. The quantitative estimate of drug-likeness (QED) is 0.592. The van der Waals surface area contributed by atoms with Crippen LogP contribution in [0.1, 0.15) is 50.7 Å². The van der Waals surface area contributed by atoms with Crippen LogP contribution < -0.4 is 10.9 Å². The lowest BCUT2D eigenvalue weighted by atomic mass is 10.1. The van der Waals surface area contributed by atoms with Gasteiger partial charge in [0, 0.05) is 0 Å². The van der Waals surface area contributed by atoms with Gasteiger partial charge < -0.3 is 10.1 Å². The normalized spacial score (nSPS) is 13.1. The van der Waals surface area contributed by atoms with Gasteiger partial charge in [-0.15, -0.1) is 0 Å². The summed E-state index contributed by atoms with van der Waals surface area (Å²) in [6.45, 7) is 8.47. The predicted molar refractivity (Wildman–Crippen MR) is 115 cm³/mol. The highest BCUT2D eigenvalue weighted by atomic mass is 19.4. The molecule has 1 N–H and O–H groups in total. The van der Waals surface area contributed by atoms with E-state index in [1.165, 1.54) is 12.1 Å². The molecule has 1 heterocycles. The molecule has 170 valence electrons. The van der Waals surface area contributed by atoms with Gasteiger partial charge in [0.2, 0.25) is 0 Å². The minimum atomic E-state index is -4.58. The van der Waals surface area contributed by atoms with Gasteiger partial charge in [0.05, 0.1) is 28.2 Å². The molecule has 6 nitrogen and oxygen atoms in total. The summed E-state index contributed by atoms with van der Waals surface area (Å²) >= 11 is 0. The number of fused-ring (bicyclic) bond motifs is 1. The number of nitrogens with zero attached hydrogens (tertiary/aromatic N) is 2. The number of nitrogens with one attached hydrogen (secondary N) is 1. The number of alkyl carbamates (subject to hydrolysis) is 1. The van der Waals surface area contributed by atoms with Crippen molar-refractivity contribution >= 4 is 17.0 Å². The summed E-state index contributed by atoms with van der Waals surface area (Å²) in [5.74, 6) is 0.0852. The molecule has 0 aliphatic heterocycles. The third-order valence-corrected chi connectivity index (χ3v) is 4.68. The topological polar surface area (TPSA) is 73.2 Å². The molecule has 0 saturated carbocycles. The van der Waals surface area contributed by atoms with Crippen LogP contribution in [0.3, 0.4) is 0 Å². The van der Waals surface area contributed by atoms with Gasteiger partial charge in [-0.3, -0.25) is 9.36 Å². The number of benzene rings is 2. The number of ether oxygens (including phenoxy) is 1. The predicted octanol–water partition coefficient (Wildman–Crippen LogP) is 5.30. The van der Waals surface area contributed by atoms with Crippen LogP contribution >= 0.6 is 0 Å². The maximum atomic E-state index is 13.4. The van der Waals surface area contributed by atoms with E-state index in [1.54, 1.807) is 52.8 Å². The Morgan fingerprint density at radius 2 is 1.78 bits per heavy atom. The average Bonchev–Trinajstić information content (AvgIpc) is 2.66. The molecule has 0 aliphatic carbocycles. The van der Waals surface area contributed by atoms with Crippen molar-refractivity contribution in [1.29, 1.82) is 0 Å². The fourth-order valence-corrected chi connectivity index (χ4v) is 3.28. The monoisotopic (exact) mass is 447 g/mol. The lowest BCUT2D eigenvalue weighted by Crippen LogP contribution is -2.37. The Balaban J connectivity index is 2.22. The zero-order chi connectivity index (χ0) is 23.8. The number of halogens is 3. The molecule has 0 bridgehead atoms.